The van der Waals surface area contributed by atoms with E-state index in [0.717, 1.165) is 44.6 Å². The van der Waals surface area contributed by atoms with Crippen LogP contribution in [-0.2, 0) is 5.66 Å². The van der Waals surface area contributed by atoms with Crippen molar-refractivity contribution >= 4 is 76.8 Å². The second kappa shape index (κ2) is 6.31. The number of hydrogen-bond acceptors (Lipinski definition) is 3. The highest BCUT2D eigenvalue weighted by Crippen LogP contribution is 2.58. The number of hydrogen-bond donors (Lipinski definition) is 0. The van der Waals surface area contributed by atoms with Gasteiger partial charge in [-0.2, -0.15) is 22.9 Å². The van der Waals surface area contributed by atoms with Crippen LogP contribution in [0.4, 0.5) is 0 Å². The molecule has 0 aliphatic carbocycles. The molecule has 200 valence electrons. The highest BCUT2D eigenvalue weighted by atomic mass is 16.5. The molecule has 3 aliphatic rings. The van der Waals surface area contributed by atoms with Gasteiger partial charge in [-0.25, -0.2) is 4.98 Å². The number of nitrogens with zero attached hydrogens (tertiary/aromatic N) is 6. The second-order valence-electron chi connectivity index (χ2n) is 12.2. The quantitative estimate of drug-likeness (QED) is 0.157. The Bertz CT molecular complexity index is 2890. The van der Waals surface area contributed by atoms with Crippen LogP contribution in [-0.4, -0.2) is 18.8 Å². The Balaban J connectivity index is 1.45. The van der Waals surface area contributed by atoms with E-state index in [0.29, 0.717) is 0 Å². The summed E-state index contributed by atoms with van der Waals surface area (Å²) in [6.45, 7) is 0. The summed E-state index contributed by atoms with van der Waals surface area (Å²) >= 11 is 0. The number of rotatable bonds is 0. The highest BCUT2D eigenvalue weighted by molar-refractivity contribution is 6.19. The predicted octanol–water partition coefficient (Wildman–Crippen LogP) is 6.51. The van der Waals surface area contributed by atoms with Crippen molar-refractivity contribution in [2.45, 2.75) is 5.66 Å². The normalized spacial score (nSPS) is 17.4. The van der Waals surface area contributed by atoms with Gasteiger partial charge in [0.2, 0.25) is 5.65 Å². The Morgan fingerprint density at radius 3 is 1.89 bits per heavy atom. The molecular formula is C37H18N6O+2. The van der Waals surface area contributed by atoms with Crippen LogP contribution in [0.15, 0.2) is 110 Å². The maximum atomic E-state index is 6.92. The molecule has 0 bridgehead atoms. The lowest BCUT2D eigenvalue weighted by molar-refractivity contribution is -0.923. The lowest BCUT2D eigenvalue weighted by atomic mass is 9.85. The van der Waals surface area contributed by atoms with Crippen LogP contribution in [0.1, 0.15) is 11.1 Å². The Morgan fingerprint density at radius 2 is 1.16 bits per heavy atom. The molecule has 8 heterocycles. The van der Waals surface area contributed by atoms with Crippen LogP contribution in [0.2, 0.25) is 0 Å². The molecule has 1 spiro atoms. The Hall–Kier alpha value is -6.08. The van der Waals surface area contributed by atoms with Crippen LogP contribution in [0.25, 0.3) is 76.8 Å². The zero-order valence-electron chi connectivity index (χ0n) is 23.0. The van der Waals surface area contributed by atoms with Gasteiger partial charge in [0.15, 0.2) is 22.1 Å². The highest BCUT2D eigenvalue weighted by Gasteiger charge is 2.67. The molecular weight excluding hydrogens is 544 g/mol. The summed E-state index contributed by atoms with van der Waals surface area (Å²) in [4.78, 5) is 9.38. The van der Waals surface area contributed by atoms with Gasteiger partial charge >= 0.3 is 17.0 Å². The predicted molar refractivity (Wildman–Crippen MR) is 167 cm³/mol. The number of benzene rings is 5. The van der Waals surface area contributed by atoms with E-state index in [2.05, 4.69) is 120 Å². The van der Waals surface area contributed by atoms with Crippen molar-refractivity contribution in [2.24, 2.45) is 0 Å². The molecule has 1 unspecified atom stereocenters. The molecule has 1 atom stereocenters. The Morgan fingerprint density at radius 1 is 0.568 bits per heavy atom. The number of ether oxygens (including phenoxy) is 1. The summed E-state index contributed by atoms with van der Waals surface area (Å²) in [6, 6.07) is 35.2. The first-order valence-corrected chi connectivity index (χ1v) is 14.9. The molecule has 0 fully saturated rings. The van der Waals surface area contributed by atoms with Crippen LogP contribution < -0.4 is 13.9 Å². The van der Waals surface area contributed by atoms with Crippen molar-refractivity contribution in [1.82, 2.24) is 18.8 Å². The van der Waals surface area contributed by atoms with Crippen molar-refractivity contribution in [3.63, 3.8) is 0 Å². The van der Waals surface area contributed by atoms with Gasteiger partial charge in [0.1, 0.15) is 34.5 Å². The molecule has 7 heteroatoms. The van der Waals surface area contributed by atoms with Crippen LogP contribution in [0, 0.1) is 0 Å². The third-order valence-electron chi connectivity index (χ3n) is 10.5. The molecule has 10 aromatic rings. The fourth-order valence-corrected chi connectivity index (χ4v) is 9.22. The molecule has 0 amide bonds. The number of pyridine rings is 2. The molecule has 0 radical (unpaired) electrons. The van der Waals surface area contributed by atoms with Crippen molar-refractivity contribution in [2.75, 3.05) is 0 Å². The van der Waals surface area contributed by atoms with Gasteiger partial charge in [0.25, 0.3) is 0 Å². The smallest absolute Gasteiger partial charge is 0.316 e. The fourth-order valence-electron chi connectivity index (χ4n) is 9.22. The zero-order chi connectivity index (χ0) is 28.1. The Kier molecular flexibility index (Phi) is 2.97. The summed E-state index contributed by atoms with van der Waals surface area (Å²) in [6.07, 6.45) is 3.62. The second-order valence-corrected chi connectivity index (χ2v) is 12.2. The summed E-state index contributed by atoms with van der Waals surface area (Å²) in [5.41, 5.74) is 10.8. The first-order chi connectivity index (χ1) is 21.9. The molecule has 3 aliphatic heterocycles. The van der Waals surface area contributed by atoms with Crippen molar-refractivity contribution < 1.29 is 13.9 Å². The van der Waals surface area contributed by atoms with Crippen LogP contribution in [0.3, 0.4) is 0 Å². The minimum atomic E-state index is -0.711. The number of para-hydroxylation sites is 5. The average molecular weight is 563 g/mol. The van der Waals surface area contributed by atoms with Gasteiger partial charge in [0.05, 0.1) is 16.2 Å². The maximum absolute atomic E-state index is 6.92. The molecule has 5 aromatic heterocycles. The third kappa shape index (κ3) is 1.80. The first kappa shape index (κ1) is 20.7. The molecule has 0 saturated carbocycles. The molecule has 0 saturated heterocycles. The molecule has 5 aromatic carbocycles. The number of imidazole rings is 2. The summed E-state index contributed by atoms with van der Waals surface area (Å²) in [5, 5.41) is 7.09. The minimum Gasteiger partial charge on any atom is -0.456 e. The lowest BCUT2D eigenvalue weighted by Crippen LogP contribution is -2.71. The summed E-state index contributed by atoms with van der Waals surface area (Å²) in [5.74, 6) is 1.80. The Labute approximate surface area is 247 Å². The van der Waals surface area contributed by atoms with Crippen LogP contribution in [0.5, 0.6) is 11.5 Å². The van der Waals surface area contributed by atoms with E-state index in [4.69, 9.17) is 9.72 Å². The van der Waals surface area contributed by atoms with E-state index in [1.165, 1.54) is 54.9 Å². The first-order valence-electron chi connectivity index (χ1n) is 14.9. The molecule has 0 N–H and O–H groups in total. The lowest BCUT2D eigenvalue weighted by Gasteiger charge is -2.31. The number of fused-ring (bicyclic) bond motifs is 12. The van der Waals surface area contributed by atoms with Crippen molar-refractivity contribution in [3.05, 3.63) is 121 Å². The van der Waals surface area contributed by atoms with Gasteiger partial charge in [-0.3, -0.25) is 0 Å². The fraction of sp³-hybridized carbons (Fsp3) is 0.0270. The molecule has 13 rings (SSSR count). The largest absolute Gasteiger partial charge is 0.456 e. The van der Waals surface area contributed by atoms with Crippen LogP contribution >= 0.6 is 0 Å². The monoisotopic (exact) mass is 562 g/mol. The van der Waals surface area contributed by atoms with E-state index in [9.17, 15) is 0 Å². The van der Waals surface area contributed by atoms with Gasteiger partial charge in [0, 0.05) is 22.4 Å². The van der Waals surface area contributed by atoms with E-state index < -0.39 is 5.66 Å². The van der Waals surface area contributed by atoms with Crippen molar-refractivity contribution in [1.29, 1.82) is 0 Å². The van der Waals surface area contributed by atoms with E-state index in [-0.39, 0.29) is 0 Å². The topological polar surface area (TPSA) is 51.6 Å². The standard InChI is InChI=1S/C37H18N6O/c1-2-8-23-19(7-1)20-13-15-28-32-30(20)35-40(23)24-9-3-5-11-26(24)42(35)37(32)33-29(44-28)16-14-21-22-17-38-18-39-34(22)41-25-10-4-6-12-27(25)43(37)36(41)31(21)33/h1-18H/q+2. The summed E-state index contributed by atoms with van der Waals surface area (Å²) < 4.78 is 16.9. The summed E-state index contributed by atoms with van der Waals surface area (Å²) in [7, 11) is 0. The van der Waals surface area contributed by atoms with Gasteiger partial charge in [-0.15, -0.1) is 0 Å². The number of aromatic nitrogens is 6. The zero-order valence-corrected chi connectivity index (χ0v) is 23.0. The molecule has 7 nitrogen and oxygen atoms in total. The minimum absolute atomic E-state index is 0.711. The van der Waals surface area contributed by atoms with Crippen molar-refractivity contribution in [3.8, 4) is 11.5 Å². The SMILES string of the molecule is c1ccc2c(c1)c1ccc3c4c1c1n2c2ccccc2[n+]1C41c2c(ccc4c5cncnc5n5c6ccccc6[n+]1c5c24)O3. The van der Waals surface area contributed by atoms with Gasteiger partial charge < -0.3 is 4.74 Å². The average Bonchev–Trinajstić information content (AvgIpc) is 3.79. The van der Waals surface area contributed by atoms with Gasteiger partial charge in [-0.05, 0) is 54.6 Å². The third-order valence-corrected chi connectivity index (χ3v) is 10.5. The van der Waals surface area contributed by atoms with Gasteiger partial charge in [-0.1, -0.05) is 42.5 Å². The molecule has 44 heavy (non-hydrogen) atoms. The van der Waals surface area contributed by atoms with E-state index in [1.54, 1.807) is 6.33 Å². The van der Waals surface area contributed by atoms with E-state index >= 15 is 0 Å². The van der Waals surface area contributed by atoms with E-state index in [1.807, 2.05) is 6.20 Å². The maximum Gasteiger partial charge on any atom is 0.316 e.